The molecule has 0 radical (unpaired) electrons. The van der Waals surface area contributed by atoms with Crippen LogP contribution in [0.1, 0.15) is 42.5 Å². The SMILES string of the molecule is Cc1nc(C2CCN(CCC(=O)Nc3ccccc3C#N)CC2)no1. The molecule has 7 nitrogen and oxygen atoms in total. The Bertz CT molecular complexity index is 772. The molecule has 1 aromatic heterocycles. The monoisotopic (exact) mass is 339 g/mol. The zero-order valence-electron chi connectivity index (χ0n) is 14.2. The minimum atomic E-state index is -0.0707. The van der Waals surface area contributed by atoms with E-state index in [0.29, 0.717) is 36.0 Å². The molecular formula is C18H21N5O2. The van der Waals surface area contributed by atoms with Gasteiger partial charge in [0, 0.05) is 25.8 Å². The van der Waals surface area contributed by atoms with Gasteiger partial charge in [-0.25, -0.2) is 0 Å². The van der Waals surface area contributed by atoms with Crippen molar-refractivity contribution in [1.29, 1.82) is 5.26 Å². The number of likely N-dealkylation sites (tertiary alicyclic amines) is 1. The van der Waals surface area contributed by atoms with Crippen LogP contribution in [0, 0.1) is 18.3 Å². The van der Waals surface area contributed by atoms with Crippen LogP contribution in [0.25, 0.3) is 0 Å². The molecular weight excluding hydrogens is 318 g/mol. The smallest absolute Gasteiger partial charge is 0.225 e. The normalized spacial score (nSPS) is 15.7. The number of nitriles is 1. The first-order chi connectivity index (χ1) is 12.2. The first-order valence-corrected chi connectivity index (χ1v) is 8.47. The van der Waals surface area contributed by atoms with Gasteiger partial charge in [0.2, 0.25) is 11.8 Å². The topological polar surface area (TPSA) is 95.1 Å². The number of aromatic nitrogens is 2. The first-order valence-electron chi connectivity index (χ1n) is 8.47. The van der Waals surface area contributed by atoms with Crippen molar-refractivity contribution in [2.45, 2.75) is 32.1 Å². The first kappa shape index (κ1) is 17.1. The van der Waals surface area contributed by atoms with E-state index < -0.39 is 0 Å². The van der Waals surface area contributed by atoms with E-state index in [9.17, 15) is 4.79 Å². The fourth-order valence-electron chi connectivity index (χ4n) is 3.06. The van der Waals surface area contributed by atoms with Gasteiger partial charge in [0.15, 0.2) is 5.82 Å². The molecule has 0 atom stereocenters. The zero-order valence-corrected chi connectivity index (χ0v) is 14.2. The Balaban J connectivity index is 1.44. The van der Waals surface area contributed by atoms with Crippen molar-refractivity contribution < 1.29 is 9.32 Å². The molecule has 3 rings (SSSR count). The molecule has 2 aromatic rings. The average Bonchev–Trinajstić information content (AvgIpc) is 3.07. The lowest BCUT2D eigenvalue weighted by atomic mass is 9.96. The van der Waals surface area contributed by atoms with Crippen LogP contribution in [0.15, 0.2) is 28.8 Å². The van der Waals surface area contributed by atoms with Gasteiger partial charge in [-0.05, 0) is 38.1 Å². The summed E-state index contributed by atoms with van der Waals surface area (Å²) >= 11 is 0. The molecule has 1 aromatic carbocycles. The van der Waals surface area contributed by atoms with Gasteiger partial charge in [-0.1, -0.05) is 17.3 Å². The standard InChI is InChI=1S/C18H21N5O2/c1-13-20-18(22-25-13)14-6-9-23(10-7-14)11-8-17(24)21-16-5-3-2-4-15(16)12-19/h2-5,14H,6-11H2,1H3,(H,21,24). The van der Waals surface area contributed by atoms with Crippen molar-refractivity contribution in [2.24, 2.45) is 0 Å². The van der Waals surface area contributed by atoms with Gasteiger partial charge in [-0.15, -0.1) is 0 Å². The summed E-state index contributed by atoms with van der Waals surface area (Å²) in [6.07, 6.45) is 2.35. The van der Waals surface area contributed by atoms with E-state index in [1.54, 1.807) is 31.2 Å². The maximum absolute atomic E-state index is 12.1. The van der Waals surface area contributed by atoms with Gasteiger partial charge >= 0.3 is 0 Å². The van der Waals surface area contributed by atoms with Crippen molar-refractivity contribution in [3.63, 3.8) is 0 Å². The molecule has 1 fully saturated rings. The summed E-state index contributed by atoms with van der Waals surface area (Å²) in [4.78, 5) is 18.7. The van der Waals surface area contributed by atoms with Gasteiger partial charge in [0.05, 0.1) is 11.3 Å². The molecule has 130 valence electrons. The zero-order chi connectivity index (χ0) is 17.6. The summed E-state index contributed by atoms with van der Waals surface area (Å²) in [5.74, 6) is 1.67. The van der Waals surface area contributed by atoms with Crippen LogP contribution in [-0.4, -0.2) is 40.6 Å². The molecule has 1 amide bonds. The van der Waals surface area contributed by atoms with E-state index in [0.717, 1.165) is 31.8 Å². The summed E-state index contributed by atoms with van der Waals surface area (Å²) in [6, 6.07) is 9.11. The average molecular weight is 339 g/mol. The van der Waals surface area contributed by atoms with Crippen molar-refractivity contribution in [1.82, 2.24) is 15.0 Å². The van der Waals surface area contributed by atoms with E-state index >= 15 is 0 Å². The third kappa shape index (κ3) is 4.43. The highest BCUT2D eigenvalue weighted by Gasteiger charge is 2.24. The maximum atomic E-state index is 12.1. The number of benzene rings is 1. The van der Waals surface area contributed by atoms with Crippen molar-refractivity contribution in [3.8, 4) is 6.07 Å². The quantitative estimate of drug-likeness (QED) is 0.899. The largest absolute Gasteiger partial charge is 0.340 e. The maximum Gasteiger partial charge on any atom is 0.225 e. The van der Waals surface area contributed by atoms with Gasteiger partial charge in [-0.2, -0.15) is 10.2 Å². The molecule has 0 unspecified atom stereocenters. The molecule has 1 saturated heterocycles. The molecule has 0 saturated carbocycles. The van der Waals surface area contributed by atoms with E-state index in [1.807, 2.05) is 0 Å². The van der Waals surface area contributed by atoms with E-state index in [-0.39, 0.29) is 5.91 Å². The van der Waals surface area contributed by atoms with Crippen LogP contribution in [0.5, 0.6) is 0 Å². The van der Waals surface area contributed by atoms with E-state index in [2.05, 4.69) is 26.4 Å². The number of aryl methyl sites for hydroxylation is 1. The highest BCUT2D eigenvalue weighted by Crippen LogP contribution is 2.25. The summed E-state index contributed by atoms with van der Waals surface area (Å²) in [7, 11) is 0. The predicted octanol–water partition coefficient (Wildman–Crippen LogP) is 2.46. The highest BCUT2D eigenvalue weighted by molar-refractivity contribution is 5.92. The number of carbonyl (C=O) groups is 1. The Labute approximate surface area is 146 Å². The fraction of sp³-hybridized carbons (Fsp3) is 0.444. The Morgan fingerprint density at radius 1 is 1.40 bits per heavy atom. The summed E-state index contributed by atoms with van der Waals surface area (Å²) < 4.78 is 5.05. The van der Waals surface area contributed by atoms with Crippen LogP contribution < -0.4 is 5.32 Å². The van der Waals surface area contributed by atoms with E-state index in [1.165, 1.54) is 0 Å². The summed E-state index contributed by atoms with van der Waals surface area (Å²) in [5.41, 5.74) is 1.05. The third-order valence-corrected chi connectivity index (χ3v) is 4.47. The van der Waals surface area contributed by atoms with Crippen LogP contribution in [0.3, 0.4) is 0 Å². The van der Waals surface area contributed by atoms with Crippen LogP contribution in [-0.2, 0) is 4.79 Å². The van der Waals surface area contributed by atoms with Crippen LogP contribution in [0.4, 0.5) is 5.69 Å². The molecule has 0 spiro atoms. The highest BCUT2D eigenvalue weighted by atomic mass is 16.5. The molecule has 1 N–H and O–H groups in total. The fourth-order valence-corrected chi connectivity index (χ4v) is 3.06. The lowest BCUT2D eigenvalue weighted by molar-refractivity contribution is -0.116. The number of para-hydroxylation sites is 1. The molecule has 25 heavy (non-hydrogen) atoms. The lowest BCUT2D eigenvalue weighted by Crippen LogP contribution is -2.35. The molecule has 2 heterocycles. The Hall–Kier alpha value is -2.72. The van der Waals surface area contributed by atoms with Crippen molar-refractivity contribution in [3.05, 3.63) is 41.5 Å². The van der Waals surface area contributed by atoms with Gasteiger partial charge in [-0.3, -0.25) is 4.79 Å². The molecule has 1 aliphatic rings. The Morgan fingerprint density at radius 3 is 2.84 bits per heavy atom. The number of amides is 1. The number of hydrogen-bond donors (Lipinski definition) is 1. The number of hydrogen-bond acceptors (Lipinski definition) is 6. The number of carbonyl (C=O) groups excluding carboxylic acids is 1. The summed E-state index contributed by atoms with van der Waals surface area (Å²) in [5, 5.41) is 15.9. The summed E-state index contributed by atoms with van der Waals surface area (Å²) in [6.45, 7) is 4.34. The Kier molecular flexibility index (Phi) is 5.41. The number of nitrogens with one attached hydrogen (secondary N) is 1. The van der Waals surface area contributed by atoms with Crippen LogP contribution >= 0.6 is 0 Å². The molecule has 0 aliphatic carbocycles. The predicted molar refractivity (Wildman–Crippen MR) is 91.9 cm³/mol. The number of nitrogens with zero attached hydrogens (tertiary/aromatic N) is 4. The second kappa shape index (κ2) is 7.90. The number of piperidine rings is 1. The van der Waals surface area contributed by atoms with Gasteiger partial charge in [0.25, 0.3) is 0 Å². The van der Waals surface area contributed by atoms with Crippen molar-refractivity contribution >= 4 is 11.6 Å². The van der Waals surface area contributed by atoms with Crippen LogP contribution in [0.2, 0.25) is 0 Å². The second-order valence-electron chi connectivity index (χ2n) is 6.24. The molecule has 0 bridgehead atoms. The number of anilines is 1. The lowest BCUT2D eigenvalue weighted by Gasteiger charge is -2.30. The minimum absolute atomic E-state index is 0.0707. The molecule has 7 heteroatoms. The Morgan fingerprint density at radius 2 is 2.16 bits per heavy atom. The van der Waals surface area contributed by atoms with Crippen molar-refractivity contribution in [2.75, 3.05) is 25.0 Å². The van der Waals surface area contributed by atoms with Gasteiger partial charge < -0.3 is 14.7 Å². The number of rotatable bonds is 5. The third-order valence-electron chi connectivity index (χ3n) is 4.47. The van der Waals surface area contributed by atoms with Gasteiger partial charge in [0.1, 0.15) is 6.07 Å². The molecule has 1 aliphatic heterocycles. The van der Waals surface area contributed by atoms with E-state index in [4.69, 9.17) is 9.78 Å². The minimum Gasteiger partial charge on any atom is -0.340 e. The second-order valence-corrected chi connectivity index (χ2v) is 6.24.